The average Bonchev–Trinajstić information content (AvgIpc) is 2.72. The SMILES string of the molecule is CN1CCC(NCc2ccc(Br)s2)C1. The fraction of sp³-hybridized carbons (Fsp3) is 0.600. The molecule has 1 unspecified atom stereocenters. The minimum Gasteiger partial charge on any atom is -0.308 e. The van der Waals surface area contributed by atoms with Crippen LogP contribution in [0.5, 0.6) is 0 Å². The maximum atomic E-state index is 3.59. The van der Waals surface area contributed by atoms with Crippen LogP contribution in [0.25, 0.3) is 0 Å². The van der Waals surface area contributed by atoms with Gasteiger partial charge in [-0.3, -0.25) is 0 Å². The molecule has 2 heterocycles. The minimum absolute atomic E-state index is 0.681. The molecule has 1 aromatic rings. The van der Waals surface area contributed by atoms with E-state index in [9.17, 15) is 0 Å². The molecule has 1 aliphatic rings. The number of nitrogens with one attached hydrogen (secondary N) is 1. The molecule has 2 nitrogen and oxygen atoms in total. The lowest BCUT2D eigenvalue weighted by Gasteiger charge is -2.11. The summed E-state index contributed by atoms with van der Waals surface area (Å²) >= 11 is 5.29. The topological polar surface area (TPSA) is 15.3 Å². The van der Waals surface area contributed by atoms with Crippen molar-refractivity contribution in [2.45, 2.75) is 19.0 Å². The lowest BCUT2D eigenvalue weighted by molar-refractivity contribution is 0.398. The van der Waals surface area contributed by atoms with Crippen LogP contribution in [-0.4, -0.2) is 31.1 Å². The molecule has 78 valence electrons. The van der Waals surface area contributed by atoms with Crippen molar-refractivity contribution < 1.29 is 0 Å². The first-order valence-corrected chi connectivity index (χ1v) is 6.51. The second-order valence-corrected chi connectivity index (χ2v) is 6.38. The summed E-state index contributed by atoms with van der Waals surface area (Å²) in [5, 5.41) is 3.59. The maximum absolute atomic E-state index is 3.59. The highest BCUT2D eigenvalue weighted by Crippen LogP contribution is 2.22. The van der Waals surface area contributed by atoms with Gasteiger partial charge in [-0.05, 0) is 48.1 Å². The summed E-state index contributed by atoms with van der Waals surface area (Å²) in [4.78, 5) is 3.79. The van der Waals surface area contributed by atoms with Gasteiger partial charge in [0, 0.05) is 24.0 Å². The number of halogens is 1. The van der Waals surface area contributed by atoms with E-state index in [2.05, 4.69) is 45.3 Å². The zero-order chi connectivity index (χ0) is 9.97. The van der Waals surface area contributed by atoms with Crippen molar-refractivity contribution in [3.63, 3.8) is 0 Å². The van der Waals surface area contributed by atoms with Gasteiger partial charge in [-0.15, -0.1) is 11.3 Å². The molecular formula is C10H15BrN2S. The Morgan fingerprint density at radius 1 is 1.64 bits per heavy atom. The van der Waals surface area contributed by atoms with Crippen molar-refractivity contribution >= 4 is 27.3 Å². The van der Waals surface area contributed by atoms with E-state index in [1.807, 2.05) is 11.3 Å². The molecule has 2 rings (SSSR count). The quantitative estimate of drug-likeness (QED) is 0.910. The Kier molecular flexibility index (Phi) is 3.60. The van der Waals surface area contributed by atoms with Gasteiger partial charge in [-0.25, -0.2) is 0 Å². The monoisotopic (exact) mass is 274 g/mol. The van der Waals surface area contributed by atoms with Crippen molar-refractivity contribution in [3.05, 3.63) is 20.8 Å². The molecule has 1 fully saturated rings. The Balaban J connectivity index is 1.77. The molecule has 0 bridgehead atoms. The van der Waals surface area contributed by atoms with Gasteiger partial charge in [0.25, 0.3) is 0 Å². The Morgan fingerprint density at radius 3 is 3.07 bits per heavy atom. The van der Waals surface area contributed by atoms with Crippen molar-refractivity contribution in [2.75, 3.05) is 20.1 Å². The van der Waals surface area contributed by atoms with Gasteiger partial charge in [0.1, 0.15) is 0 Å². The summed E-state index contributed by atoms with van der Waals surface area (Å²) in [6.07, 6.45) is 1.28. The molecule has 0 aliphatic carbocycles. The average molecular weight is 275 g/mol. The van der Waals surface area contributed by atoms with E-state index in [0.29, 0.717) is 6.04 Å². The third-order valence-corrected chi connectivity index (χ3v) is 4.21. The summed E-state index contributed by atoms with van der Waals surface area (Å²) in [7, 11) is 2.18. The number of rotatable bonds is 3. The van der Waals surface area contributed by atoms with Gasteiger partial charge in [0.2, 0.25) is 0 Å². The molecule has 1 aromatic heterocycles. The van der Waals surface area contributed by atoms with Crippen LogP contribution < -0.4 is 5.32 Å². The highest BCUT2D eigenvalue weighted by atomic mass is 79.9. The Labute approximate surface area is 97.4 Å². The molecule has 14 heavy (non-hydrogen) atoms. The van der Waals surface area contributed by atoms with Gasteiger partial charge in [0.05, 0.1) is 3.79 Å². The second-order valence-electron chi connectivity index (χ2n) is 3.83. The van der Waals surface area contributed by atoms with Crippen molar-refractivity contribution in [1.29, 1.82) is 0 Å². The van der Waals surface area contributed by atoms with Crippen LogP contribution in [-0.2, 0) is 6.54 Å². The molecule has 0 saturated carbocycles. The van der Waals surface area contributed by atoms with Crippen molar-refractivity contribution in [3.8, 4) is 0 Å². The zero-order valence-electron chi connectivity index (χ0n) is 8.29. The number of likely N-dealkylation sites (N-methyl/N-ethyl adjacent to an activating group) is 1. The normalized spacial score (nSPS) is 23.1. The van der Waals surface area contributed by atoms with Crippen LogP contribution in [0.1, 0.15) is 11.3 Å². The molecule has 1 saturated heterocycles. The highest BCUT2D eigenvalue weighted by molar-refractivity contribution is 9.11. The zero-order valence-corrected chi connectivity index (χ0v) is 10.7. The first kappa shape index (κ1) is 10.6. The van der Waals surface area contributed by atoms with E-state index < -0.39 is 0 Å². The standard InChI is InChI=1S/C10H15BrN2S/c1-13-5-4-8(7-13)12-6-9-2-3-10(11)14-9/h2-3,8,12H,4-7H2,1H3. The molecular weight excluding hydrogens is 260 g/mol. The van der Waals surface area contributed by atoms with Crippen LogP contribution in [0, 0.1) is 0 Å². The van der Waals surface area contributed by atoms with Gasteiger partial charge >= 0.3 is 0 Å². The third-order valence-electron chi connectivity index (χ3n) is 2.59. The molecule has 0 amide bonds. The lowest BCUT2D eigenvalue weighted by Crippen LogP contribution is -2.30. The van der Waals surface area contributed by atoms with E-state index in [-0.39, 0.29) is 0 Å². The van der Waals surface area contributed by atoms with Gasteiger partial charge in [0.15, 0.2) is 0 Å². The highest BCUT2D eigenvalue weighted by Gasteiger charge is 2.18. The first-order chi connectivity index (χ1) is 6.74. The van der Waals surface area contributed by atoms with E-state index in [0.717, 1.165) is 6.54 Å². The van der Waals surface area contributed by atoms with E-state index >= 15 is 0 Å². The van der Waals surface area contributed by atoms with Gasteiger partial charge in [-0.1, -0.05) is 0 Å². The fourth-order valence-corrected chi connectivity index (χ4v) is 3.23. The summed E-state index contributed by atoms with van der Waals surface area (Å²) in [6.45, 7) is 3.42. The summed E-state index contributed by atoms with van der Waals surface area (Å²) in [5.74, 6) is 0. The van der Waals surface area contributed by atoms with E-state index in [4.69, 9.17) is 0 Å². The Hall–Kier alpha value is 0.1000. The van der Waals surface area contributed by atoms with E-state index in [1.165, 1.54) is 28.2 Å². The lowest BCUT2D eigenvalue weighted by atomic mass is 10.2. The number of nitrogens with zero attached hydrogens (tertiary/aromatic N) is 1. The molecule has 0 spiro atoms. The number of likely N-dealkylation sites (tertiary alicyclic amines) is 1. The molecule has 1 atom stereocenters. The molecule has 0 aromatic carbocycles. The number of hydrogen-bond donors (Lipinski definition) is 1. The molecule has 0 radical (unpaired) electrons. The predicted octanol–water partition coefficient (Wildman–Crippen LogP) is 2.30. The smallest absolute Gasteiger partial charge is 0.0701 e. The van der Waals surface area contributed by atoms with Crippen LogP contribution in [0.2, 0.25) is 0 Å². The van der Waals surface area contributed by atoms with Crippen LogP contribution >= 0.6 is 27.3 Å². The van der Waals surface area contributed by atoms with Crippen LogP contribution in [0.15, 0.2) is 15.9 Å². The summed E-state index contributed by atoms with van der Waals surface area (Å²) in [6, 6.07) is 4.98. The van der Waals surface area contributed by atoms with Crippen LogP contribution in [0.3, 0.4) is 0 Å². The predicted molar refractivity (Wildman–Crippen MR) is 64.8 cm³/mol. The fourth-order valence-electron chi connectivity index (χ4n) is 1.79. The molecule has 1 aliphatic heterocycles. The Morgan fingerprint density at radius 2 is 2.50 bits per heavy atom. The Bertz CT molecular complexity index is 300. The largest absolute Gasteiger partial charge is 0.308 e. The summed E-state index contributed by atoms with van der Waals surface area (Å²) < 4.78 is 1.22. The minimum atomic E-state index is 0.681. The number of thiophene rings is 1. The molecule has 1 N–H and O–H groups in total. The molecule has 4 heteroatoms. The maximum Gasteiger partial charge on any atom is 0.0701 e. The number of hydrogen-bond acceptors (Lipinski definition) is 3. The van der Waals surface area contributed by atoms with Gasteiger partial charge in [-0.2, -0.15) is 0 Å². The second kappa shape index (κ2) is 4.75. The summed E-state index contributed by atoms with van der Waals surface area (Å²) in [5.41, 5.74) is 0. The van der Waals surface area contributed by atoms with Gasteiger partial charge < -0.3 is 10.2 Å². The van der Waals surface area contributed by atoms with E-state index in [1.54, 1.807) is 0 Å². The van der Waals surface area contributed by atoms with Crippen LogP contribution in [0.4, 0.5) is 0 Å². The first-order valence-electron chi connectivity index (χ1n) is 4.90. The third kappa shape index (κ3) is 2.79. The van der Waals surface area contributed by atoms with Crippen molar-refractivity contribution in [1.82, 2.24) is 10.2 Å². The van der Waals surface area contributed by atoms with Crippen molar-refractivity contribution in [2.24, 2.45) is 0 Å².